The van der Waals surface area contributed by atoms with Gasteiger partial charge < -0.3 is 10.2 Å². The van der Waals surface area contributed by atoms with E-state index in [1.807, 2.05) is 11.8 Å². The van der Waals surface area contributed by atoms with Gasteiger partial charge in [0.25, 0.3) is 0 Å². The highest BCUT2D eigenvalue weighted by Gasteiger charge is 2.38. The number of piperidine rings is 1. The van der Waals surface area contributed by atoms with Crippen molar-refractivity contribution in [3.63, 3.8) is 0 Å². The molecular formula is C13H20N4O4. The van der Waals surface area contributed by atoms with Crippen molar-refractivity contribution in [2.45, 2.75) is 32.9 Å². The van der Waals surface area contributed by atoms with Crippen LogP contribution in [0.25, 0.3) is 0 Å². The Morgan fingerprint density at radius 1 is 1.33 bits per heavy atom. The van der Waals surface area contributed by atoms with Gasteiger partial charge in [-0.3, -0.25) is 14.5 Å². The first kappa shape index (κ1) is 15.4. The molecule has 21 heavy (non-hydrogen) atoms. The van der Waals surface area contributed by atoms with Crippen LogP contribution >= 0.6 is 0 Å². The number of carbonyl (C=O) groups is 2. The monoisotopic (exact) mass is 296 g/mol. The minimum Gasteiger partial charge on any atom is -0.481 e. The van der Waals surface area contributed by atoms with Crippen LogP contribution in [-0.4, -0.2) is 54.9 Å². The number of aliphatic carboxylic acids is 2. The topological polar surface area (TPSA) is 109 Å². The number of carboxylic acid groups (broad SMARTS) is 2. The molecule has 1 saturated heterocycles. The summed E-state index contributed by atoms with van der Waals surface area (Å²) in [5.41, 5.74) is 0. The number of hydrogen-bond donors (Lipinski definition) is 2. The summed E-state index contributed by atoms with van der Waals surface area (Å²) in [5, 5.41) is 22.5. The molecule has 0 spiro atoms. The smallest absolute Gasteiger partial charge is 0.308 e. The molecule has 0 amide bonds. The third kappa shape index (κ3) is 3.57. The van der Waals surface area contributed by atoms with Crippen molar-refractivity contribution >= 4 is 11.9 Å². The molecule has 1 fully saturated rings. The van der Waals surface area contributed by atoms with Crippen LogP contribution in [0, 0.1) is 11.8 Å². The van der Waals surface area contributed by atoms with E-state index in [9.17, 15) is 14.7 Å². The maximum Gasteiger partial charge on any atom is 0.308 e. The van der Waals surface area contributed by atoms with Gasteiger partial charge in [0.05, 0.1) is 18.4 Å². The molecule has 116 valence electrons. The molecule has 8 nitrogen and oxygen atoms in total. The molecule has 8 heteroatoms. The highest BCUT2D eigenvalue weighted by Crippen LogP contribution is 2.25. The van der Waals surface area contributed by atoms with Gasteiger partial charge in [-0.1, -0.05) is 6.92 Å². The van der Waals surface area contributed by atoms with Crippen molar-refractivity contribution in [2.75, 3.05) is 13.1 Å². The summed E-state index contributed by atoms with van der Waals surface area (Å²) < 4.78 is 1.80. The quantitative estimate of drug-likeness (QED) is 0.776. The molecule has 2 unspecified atom stereocenters. The van der Waals surface area contributed by atoms with Crippen LogP contribution in [0.3, 0.4) is 0 Å². The Morgan fingerprint density at radius 2 is 2.05 bits per heavy atom. The summed E-state index contributed by atoms with van der Waals surface area (Å²) in [5.74, 6) is -2.99. The molecule has 0 aromatic carbocycles. The highest BCUT2D eigenvalue weighted by atomic mass is 16.4. The lowest BCUT2D eigenvalue weighted by molar-refractivity contribution is -0.157. The summed E-state index contributed by atoms with van der Waals surface area (Å²) >= 11 is 0. The van der Waals surface area contributed by atoms with E-state index in [2.05, 4.69) is 10.1 Å². The number of aryl methyl sites for hydroxylation is 1. The van der Waals surface area contributed by atoms with Gasteiger partial charge in [0, 0.05) is 13.1 Å². The standard InChI is InChI=1S/C13H20N4O4/c1-2-4-17-11(14-8-15-17)7-16-5-3-9(12(18)19)10(6-16)13(20)21/h8-10H,2-7H2,1H3,(H,18,19)(H,20,21). The van der Waals surface area contributed by atoms with E-state index in [1.165, 1.54) is 6.33 Å². The van der Waals surface area contributed by atoms with E-state index in [-0.39, 0.29) is 6.54 Å². The van der Waals surface area contributed by atoms with Crippen LogP contribution < -0.4 is 0 Å². The largest absolute Gasteiger partial charge is 0.481 e. The van der Waals surface area contributed by atoms with Crippen molar-refractivity contribution in [1.82, 2.24) is 19.7 Å². The average Bonchev–Trinajstić information content (AvgIpc) is 2.86. The van der Waals surface area contributed by atoms with E-state index >= 15 is 0 Å². The number of aromatic nitrogens is 3. The molecule has 2 rings (SSSR count). The van der Waals surface area contributed by atoms with Gasteiger partial charge in [0.1, 0.15) is 12.2 Å². The van der Waals surface area contributed by atoms with Gasteiger partial charge in [0.2, 0.25) is 0 Å². The van der Waals surface area contributed by atoms with Gasteiger partial charge in [-0.25, -0.2) is 9.67 Å². The van der Waals surface area contributed by atoms with Gasteiger partial charge in [0.15, 0.2) is 0 Å². The van der Waals surface area contributed by atoms with Crippen LogP contribution in [0.4, 0.5) is 0 Å². The summed E-state index contributed by atoms with van der Waals surface area (Å²) in [4.78, 5) is 28.5. The zero-order valence-corrected chi connectivity index (χ0v) is 12.0. The molecule has 0 radical (unpaired) electrons. The summed E-state index contributed by atoms with van der Waals surface area (Å²) in [6.07, 6.45) is 2.77. The molecule has 1 aromatic heterocycles. The van der Waals surface area contributed by atoms with E-state index < -0.39 is 23.8 Å². The number of nitrogens with zero attached hydrogens (tertiary/aromatic N) is 4. The van der Waals surface area contributed by atoms with Crippen LogP contribution in [0.15, 0.2) is 6.33 Å². The highest BCUT2D eigenvalue weighted by molar-refractivity contribution is 5.80. The normalized spacial score (nSPS) is 23.1. The number of hydrogen-bond acceptors (Lipinski definition) is 5. The Balaban J connectivity index is 2.04. The Kier molecular flexibility index (Phi) is 4.89. The van der Waals surface area contributed by atoms with E-state index in [1.54, 1.807) is 4.68 Å². The molecule has 2 heterocycles. The van der Waals surface area contributed by atoms with Crippen molar-refractivity contribution < 1.29 is 19.8 Å². The van der Waals surface area contributed by atoms with Crippen LogP contribution in [0.5, 0.6) is 0 Å². The van der Waals surface area contributed by atoms with Crippen molar-refractivity contribution in [2.24, 2.45) is 11.8 Å². The fourth-order valence-electron chi connectivity index (χ4n) is 2.72. The summed E-state index contributed by atoms with van der Waals surface area (Å²) in [6, 6.07) is 0. The molecule has 2 atom stereocenters. The zero-order chi connectivity index (χ0) is 15.4. The fraction of sp³-hybridized carbons (Fsp3) is 0.692. The molecule has 1 aliphatic rings. The molecule has 0 aliphatic carbocycles. The van der Waals surface area contributed by atoms with E-state index in [0.29, 0.717) is 19.5 Å². The lowest BCUT2D eigenvalue weighted by Crippen LogP contribution is -2.46. The second-order valence-electron chi connectivity index (χ2n) is 5.31. The van der Waals surface area contributed by atoms with Crippen molar-refractivity contribution in [3.05, 3.63) is 12.2 Å². The Labute approximate surface area is 122 Å². The first-order valence-electron chi connectivity index (χ1n) is 7.07. The second kappa shape index (κ2) is 6.66. The van der Waals surface area contributed by atoms with E-state index in [0.717, 1.165) is 18.8 Å². The summed E-state index contributed by atoms with van der Waals surface area (Å²) in [7, 11) is 0. The molecule has 0 saturated carbocycles. The Bertz CT molecular complexity index is 516. The third-order valence-corrected chi connectivity index (χ3v) is 3.83. The third-order valence-electron chi connectivity index (χ3n) is 3.83. The van der Waals surface area contributed by atoms with Gasteiger partial charge >= 0.3 is 11.9 Å². The maximum atomic E-state index is 11.3. The van der Waals surface area contributed by atoms with Gasteiger partial charge in [-0.05, 0) is 19.4 Å². The van der Waals surface area contributed by atoms with E-state index in [4.69, 9.17) is 5.11 Å². The average molecular weight is 296 g/mol. The lowest BCUT2D eigenvalue weighted by Gasteiger charge is -2.34. The van der Waals surface area contributed by atoms with Crippen LogP contribution in [0.1, 0.15) is 25.6 Å². The second-order valence-corrected chi connectivity index (χ2v) is 5.31. The minimum absolute atomic E-state index is 0.227. The first-order valence-corrected chi connectivity index (χ1v) is 7.07. The number of rotatable bonds is 6. The van der Waals surface area contributed by atoms with Crippen molar-refractivity contribution in [1.29, 1.82) is 0 Å². The van der Waals surface area contributed by atoms with Gasteiger partial charge in [-0.15, -0.1) is 0 Å². The fourth-order valence-corrected chi connectivity index (χ4v) is 2.72. The van der Waals surface area contributed by atoms with Crippen LogP contribution in [-0.2, 0) is 22.7 Å². The molecular weight excluding hydrogens is 276 g/mol. The Morgan fingerprint density at radius 3 is 2.67 bits per heavy atom. The minimum atomic E-state index is -1.05. The number of carboxylic acids is 2. The zero-order valence-electron chi connectivity index (χ0n) is 12.0. The maximum absolute atomic E-state index is 11.3. The molecule has 2 N–H and O–H groups in total. The van der Waals surface area contributed by atoms with Gasteiger partial charge in [-0.2, -0.15) is 5.10 Å². The van der Waals surface area contributed by atoms with Crippen molar-refractivity contribution in [3.8, 4) is 0 Å². The molecule has 1 aromatic rings. The lowest BCUT2D eigenvalue weighted by atomic mass is 9.85. The number of likely N-dealkylation sites (tertiary alicyclic amines) is 1. The first-order chi connectivity index (χ1) is 10.0. The van der Waals surface area contributed by atoms with Crippen LogP contribution in [0.2, 0.25) is 0 Å². The summed E-state index contributed by atoms with van der Waals surface area (Å²) in [6.45, 7) is 4.09. The Hall–Kier alpha value is -1.96. The molecule has 1 aliphatic heterocycles. The SMILES string of the molecule is CCCn1ncnc1CN1CCC(C(=O)O)C(C(=O)O)C1. The predicted octanol–water partition coefficient (Wildman–Crippen LogP) is 0.295. The predicted molar refractivity (Wildman–Crippen MR) is 72.5 cm³/mol. The molecule has 0 bridgehead atoms.